The van der Waals surface area contributed by atoms with Crippen molar-refractivity contribution in [2.75, 3.05) is 0 Å². The van der Waals surface area contributed by atoms with Gasteiger partial charge in [-0.3, -0.25) is 9.59 Å². The highest BCUT2D eigenvalue weighted by Gasteiger charge is 2.53. The Bertz CT molecular complexity index is 1670. The maximum atomic E-state index is 13.7. The SMILES string of the molecule is Cc1[nH]c2ccccc2c1C1C(=O)C=C(c2c(-c3ccccc3)[nH]c3ccccc23)C(=O)C1(O)O. The molecule has 172 valence electrons. The molecule has 0 fully saturated rings. The summed E-state index contributed by atoms with van der Waals surface area (Å²) in [4.78, 5) is 33.8. The summed E-state index contributed by atoms with van der Waals surface area (Å²) in [6.45, 7) is 1.76. The number of nitrogens with one attached hydrogen (secondary N) is 2. The molecule has 2 aromatic heterocycles. The Morgan fingerprint density at radius 3 is 2.09 bits per heavy atom. The van der Waals surface area contributed by atoms with Gasteiger partial charge >= 0.3 is 0 Å². The van der Waals surface area contributed by atoms with E-state index < -0.39 is 23.3 Å². The number of fused-ring (bicyclic) bond motifs is 2. The smallest absolute Gasteiger partial charge is 0.243 e. The van der Waals surface area contributed by atoms with Crippen molar-refractivity contribution in [3.05, 3.63) is 102 Å². The molecule has 0 aliphatic heterocycles. The summed E-state index contributed by atoms with van der Waals surface area (Å²) in [6, 6.07) is 24.2. The van der Waals surface area contributed by atoms with Gasteiger partial charge in [0.2, 0.25) is 11.6 Å². The molecule has 0 amide bonds. The number of Topliss-reactive ketones (excluding diaryl/α,β-unsaturated/α-hetero) is 1. The number of aryl methyl sites for hydroxylation is 1. The van der Waals surface area contributed by atoms with Gasteiger partial charge in [0.25, 0.3) is 0 Å². The minimum Gasteiger partial charge on any atom is -0.359 e. The molecule has 0 radical (unpaired) electrons. The van der Waals surface area contributed by atoms with Crippen LogP contribution in [0.3, 0.4) is 0 Å². The normalized spacial score (nSPS) is 17.8. The number of para-hydroxylation sites is 2. The number of benzene rings is 3. The van der Waals surface area contributed by atoms with Gasteiger partial charge in [-0.05, 0) is 36.3 Å². The minimum absolute atomic E-state index is 0.0231. The molecule has 1 atom stereocenters. The van der Waals surface area contributed by atoms with E-state index in [0.717, 1.165) is 22.0 Å². The third-order valence-electron chi connectivity index (χ3n) is 6.82. The zero-order valence-electron chi connectivity index (χ0n) is 18.9. The molecule has 0 bridgehead atoms. The third kappa shape index (κ3) is 3.11. The van der Waals surface area contributed by atoms with Crippen LogP contribution in [0.25, 0.3) is 38.6 Å². The average molecular weight is 463 g/mol. The van der Waals surface area contributed by atoms with Gasteiger partial charge in [0.1, 0.15) is 5.92 Å². The number of hydrogen-bond donors (Lipinski definition) is 4. The second-order valence-electron chi connectivity index (χ2n) is 8.94. The van der Waals surface area contributed by atoms with Crippen molar-refractivity contribution >= 4 is 38.9 Å². The van der Waals surface area contributed by atoms with E-state index in [1.165, 1.54) is 6.08 Å². The molecule has 1 aliphatic rings. The summed E-state index contributed by atoms with van der Waals surface area (Å²) in [5, 5.41) is 23.9. The van der Waals surface area contributed by atoms with Gasteiger partial charge in [0.05, 0.1) is 5.69 Å². The molecule has 4 N–H and O–H groups in total. The summed E-state index contributed by atoms with van der Waals surface area (Å²) in [5.41, 5.74) is 4.47. The summed E-state index contributed by atoms with van der Waals surface area (Å²) in [5.74, 6) is -5.81. The van der Waals surface area contributed by atoms with Gasteiger partial charge in [-0.1, -0.05) is 66.7 Å². The number of H-pyrrole nitrogens is 2. The quantitative estimate of drug-likeness (QED) is 0.294. The molecule has 1 aliphatic carbocycles. The Hall–Kier alpha value is -4.26. The van der Waals surface area contributed by atoms with Crippen LogP contribution in [0.4, 0.5) is 0 Å². The molecular formula is C29H22N2O4. The van der Waals surface area contributed by atoms with Crippen molar-refractivity contribution in [1.29, 1.82) is 0 Å². The number of carbonyl (C=O) groups excluding carboxylic acids is 2. The molecule has 2 heterocycles. The minimum atomic E-state index is -2.91. The largest absolute Gasteiger partial charge is 0.359 e. The molecule has 35 heavy (non-hydrogen) atoms. The third-order valence-corrected chi connectivity index (χ3v) is 6.82. The van der Waals surface area contributed by atoms with Gasteiger partial charge in [0.15, 0.2) is 5.78 Å². The van der Waals surface area contributed by atoms with E-state index in [1.54, 1.807) is 13.0 Å². The van der Waals surface area contributed by atoms with Gasteiger partial charge in [-0.15, -0.1) is 0 Å². The standard InChI is InChI=1S/C29H22N2O4/c1-16-24(18-11-5-7-13-21(18)30-16)26-23(32)15-20(28(33)29(26,34)35)25-19-12-6-8-14-22(19)31-27(25)17-9-3-2-4-10-17/h2-15,26,30-31,34-35H,1H3. The lowest BCUT2D eigenvalue weighted by Gasteiger charge is -2.33. The number of carbonyl (C=O) groups is 2. The van der Waals surface area contributed by atoms with E-state index in [1.807, 2.05) is 72.8 Å². The predicted octanol–water partition coefficient (Wildman–Crippen LogP) is 4.62. The number of aromatic nitrogens is 2. The van der Waals surface area contributed by atoms with Crippen LogP contribution in [0.2, 0.25) is 0 Å². The van der Waals surface area contributed by atoms with Crippen LogP contribution in [0.1, 0.15) is 22.7 Å². The first-order chi connectivity index (χ1) is 16.9. The van der Waals surface area contributed by atoms with Crippen LogP contribution < -0.4 is 0 Å². The molecule has 1 unspecified atom stereocenters. The van der Waals surface area contributed by atoms with Crippen molar-refractivity contribution in [3.63, 3.8) is 0 Å². The van der Waals surface area contributed by atoms with E-state index in [9.17, 15) is 19.8 Å². The highest BCUT2D eigenvalue weighted by Crippen LogP contribution is 2.45. The fraction of sp³-hybridized carbons (Fsp3) is 0.103. The van der Waals surface area contributed by atoms with Crippen molar-refractivity contribution in [2.45, 2.75) is 18.6 Å². The Morgan fingerprint density at radius 1 is 0.771 bits per heavy atom. The zero-order valence-corrected chi connectivity index (χ0v) is 18.9. The number of allylic oxidation sites excluding steroid dienone is 1. The van der Waals surface area contributed by atoms with Crippen molar-refractivity contribution in [2.24, 2.45) is 0 Å². The molecule has 0 saturated heterocycles. The number of aliphatic hydroxyl groups is 2. The van der Waals surface area contributed by atoms with Gasteiger partial charge in [-0.25, -0.2) is 0 Å². The lowest BCUT2D eigenvalue weighted by molar-refractivity contribution is -0.187. The Labute approximate surface area is 200 Å². The van der Waals surface area contributed by atoms with Crippen LogP contribution in [-0.2, 0) is 9.59 Å². The van der Waals surface area contributed by atoms with Crippen molar-refractivity contribution < 1.29 is 19.8 Å². The first-order valence-electron chi connectivity index (χ1n) is 11.4. The molecule has 0 saturated carbocycles. The fourth-order valence-electron chi connectivity index (χ4n) is 5.26. The van der Waals surface area contributed by atoms with Gasteiger partial charge in [0, 0.05) is 38.6 Å². The summed E-state index contributed by atoms with van der Waals surface area (Å²) in [6.07, 6.45) is 1.26. The fourth-order valence-corrected chi connectivity index (χ4v) is 5.26. The maximum absolute atomic E-state index is 13.7. The highest BCUT2D eigenvalue weighted by molar-refractivity contribution is 6.35. The second kappa shape index (κ2) is 7.63. The molecule has 3 aromatic carbocycles. The van der Waals surface area contributed by atoms with E-state index in [4.69, 9.17) is 0 Å². The molecule has 6 nitrogen and oxygen atoms in total. The number of aromatic amines is 2. The van der Waals surface area contributed by atoms with E-state index in [-0.39, 0.29) is 5.57 Å². The summed E-state index contributed by atoms with van der Waals surface area (Å²) < 4.78 is 0. The molecule has 0 spiro atoms. The number of hydrogen-bond acceptors (Lipinski definition) is 4. The number of ketones is 2. The Kier molecular flexibility index (Phi) is 4.64. The van der Waals surface area contributed by atoms with Crippen LogP contribution in [0.5, 0.6) is 0 Å². The van der Waals surface area contributed by atoms with Gasteiger partial charge in [-0.2, -0.15) is 0 Å². The Morgan fingerprint density at radius 2 is 1.37 bits per heavy atom. The predicted molar refractivity (Wildman–Crippen MR) is 135 cm³/mol. The van der Waals surface area contributed by atoms with E-state index in [0.29, 0.717) is 27.9 Å². The summed E-state index contributed by atoms with van der Waals surface area (Å²) >= 11 is 0. The number of rotatable bonds is 3. The van der Waals surface area contributed by atoms with Crippen LogP contribution >= 0.6 is 0 Å². The van der Waals surface area contributed by atoms with E-state index >= 15 is 0 Å². The lowest BCUT2D eigenvalue weighted by atomic mass is 9.74. The van der Waals surface area contributed by atoms with Crippen molar-refractivity contribution in [1.82, 2.24) is 9.97 Å². The zero-order chi connectivity index (χ0) is 24.3. The van der Waals surface area contributed by atoms with Crippen molar-refractivity contribution in [3.8, 4) is 11.3 Å². The van der Waals surface area contributed by atoms with Crippen LogP contribution in [0, 0.1) is 6.92 Å². The molecule has 5 aromatic rings. The Balaban J connectivity index is 1.59. The lowest BCUT2D eigenvalue weighted by Crippen LogP contribution is -2.50. The van der Waals surface area contributed by atoms with E-state index in [2.05, 4.69) is 9.97 Å². The topological polar surface area (TPSA) is 106 Å². The van der Waals surface area contributed by atoms with Crippen LogP contribution in [-0.4, -0.2) is 37.5 Å². The molecular weight excluding hydrogens is 440 g/mol. The highest BCUT2D eigenvalue weighted by atomic mass is 16.5. The molecule has 6 rings (SSSR count). The van der Waals surface area contributed by atoms with Gasteiger partial charge < -0.3 is 20.2 Å². The maximum Gasteiger partial charge on any atom is 0.243 e. The second-order valence-corrected chi connectivity index (χ2v) is 8.94. The monoisotopic (exact) mass is 462 g/mol. The first kappa shape index (κ1) is 21.3. The first-order valence-corrected chi connectivity index (χ1v) is 11.4. The average Bonchev–Trinajstić information content (AvgIpc) is 3.40. The molecule has 6 heteroatoms. The summed E-state index contributed by atoms with van der Waals surface area (Å²) in [7, 11) is 0. The van der Waals surface area contributed by atoms with Crippen LogP contribution in [0.15, 0.2) is 84.9 Å².